The van der Waals surface area contributed by atoms with Gasteiger partial charge in [0.05, 0.1) is 17.0 Å². The molecule has 2 rings (SSSR count). The molecule has 0 radical (unpaired) electrons. The Kier molecular flexibility index (Phi) is 7.58. The van der Waals surface area contributed by atoms with Gasteiger partial charge >= 0.3 is 12.0 Å². The van der Waals surface area contributed by atoms with E-state index in [2.05, 4.69) is 16.0 Å². The van der Waals surface area contributed by atoms with Gasteiger partial charge in [-0.05, 0) is 62.4 Å². The van der Waals surface area contributed by atoms with Gasteiger partial charge in [-0.15, -0.1) is 6.42 Å². The van der Waals surface area contributed by atoms with E-state index in [1.165, 1.54) is 29.2 Å². The number of terminal acetylenes is 1. The summed E-state index contributed by atoms with van der Waals surface area (Å²) in [5.41, 5.74) is 0.811. The molecule has 0 heterocycles. The fraction of sp³-hybridized carbons (Fsp3) is 0.238. The van der Waals surface area contributed by atoms with Gasteiger partial charge in [0.25, 0.3) is 0 Å². The van der Waals surface area contributed by atoms with Gasteiger partial charge in [0.1, 0.15) is 5.75 Å². The maximum atomic E-state index is 12.3. The molecule has 0 saturated carbocycles. The Morgan fingerprint density at radius 2 is 1.70 bits per heavy atom. The molecule has 0 fully saturated rings. The number of rotatable bonds is 7. The highest BCUT2D eigenvalue weighted by Crippen LogP contribution is 2.20. The number of anilines is 1. The Labute approximate surface area is 176 Å². The van der Waals surface area contributed by atoms with E-state index >= 15 is 0 Å². The molecule has 2 aromatic rings. The van der Waals surface area contributed by atoms with Crippen molar-refractivity contribution in [2.24, 2.45) is 0 Å². The fourth-order valence-electron chi connectivity index (χ4n) is 2.35. The van der Waals surface area contributed by atoms with E-state index in [1.54, 1.807) is 31.3 Å². The zero-order chi connectivity index (χ0) is 22.3. The maximum Gasteiger partial charge on any atom is 0.343 e. The second-order valence-corrected chi connectivity index (χ2v) is 8.37. The number of esters is 1. The van der Waals surface area contributed by atoms with Crippen LogP contribution in [0.1, 0.15) is 24.2 Å². The van der Waals surface area contributed by atoms with Crippen molar-refractivity contribution in [3.05, 3.63) is 54.1 Å². The van der Waals surface area contributed by atoms with Crippen LogP contribution in [0.15, 0.2) is 53.4 Å². The van der Waals surface area contributed by atoms with Crippen molar-refractivity contribution in [1.82, 2.24) is 10.0 Å². The summed E-state index contributed by atoms with van der Waals surface area (Å²) >= 11 is 0. The van der Waals surface area contributed by atoms with Crippen molar-refractivity contribution >= 4 is 27.7 Å². The third kappa shape index (κ3) is 6.07. The summed E-state index contributed by atoms with van der Waals surface area (Å²) < 4.78 is 31.5. The van der Waals surface area contributed by atoms with E-state index in [0.29, 0.717) is 5.69 Å². The minimum absolute atomic E-state index is 0.00895. The average molecular weight is 429 g/mol. The molecule has 2 N–H and O–H groups in total. The Bertz CT molecular complexity index is 1040. The molecule has 0 spiro atoms. The van der Waals surface area contributed by atoms with Crippen molar-refractivity contribution < 1.29 is 22.7 Å². The fourth-order valence-corrected chi connectivity index (χ4v) is 3.29. The summed E-state index contributed by atoms with van der Waals surface area (Å²) in [6.07, 6.45) is 5.05. The third-order valence-electron chi connectivity index (χ3n) is 3.92. The number of carbonyl (C=O) groups is 2. The second-order valence-electron chi connectivity index (χ2n) is 6.60. The molecule has 9 heteroatoms. The smallest absolute Gasteiger partial charge is 0.343 e. The van der Waals surface area contributed by atoms with Gasteiger partial charge < -0.3 is 10.1 Å². The molecule has 0 aliphatic carbocycles. The lowest BCUT2D eigenvalue weighted by Crippen LogP contribution is -2.40. The number of nitrogens with one attached hydrogen (secondary N) is 2. The van der Waals surface area contributed by atoms with Crippen LogP contribution >= 0.6 is 0 Å². The standard InChI is InChI=1S/C21H23N3O5S/c1-5-14-22-30(27,28)19-12-6-16(7-13-19)20(25)29-18-10-8-17(9-11-18)24(4)21(26)23-15(2)3/h1,6-13,15,22H,14H2,2-4H3,(H,23,26). The molecule has 2 aromatic carbocycles. The van der Waals surface area contributed by atoms with Crippen LogP contribution in [0.5, 0.6) is 5.75 Å². The van der Waals surface area contributed by atoms with Gasteiger partial charge in [0.2, 0.25) is 10.0 Å². The summed E-state index contributed by atoms with van der Waals surface area (Å²) in [6, 6.07) is 11.5. The predicted molar refractivity (Wildman–Crippen MR) is 114 cm³/mol. The van der Waals surface area contributed by atoms with Crippen LogP contribution in [0, 0.1) is 12.3 Å². The number of hydrogen-bond acceptors (Lipinski definition) is 5. The van der Waals surface area contributed by atoms with Gasteiger partial charge in [-0.25, -0.2) is 18.0 Å². The van der Waals surface area contributed by atoms with Crippen LogP contribution in [0.3, 0.4) is 0 Å². The molecule has 0 saturated heterocycles. The number of benzene rings is 2. The molecule has 30 heavy (non-hydrogen) atoms. The number of amides is 2. The molecular weight excluding hydrogens is 406 g/mol. The molecule has 8 nitrogen and oxygen atoms in total. The lowest BCUT2D eigenvalue weighted by atomic mass is 10.2. The van der Waals surface area contributed by atoms with Crippen LogP contribution in [-0.2, 0) is 10.0 Å². The Balaban J connectivity index is 2.04. The van der Waals surface area contributed by atoms with E-state index in [0.717, 1.165) is 0 Å². The molecule has 2 amide bonds. The minimum atomic E-state index is -3.73. The first-order chi connectivity index (χ1) is 14.1. The van der Waals surface area contributed by atoms with Crippen molar-refractivity contribution in [3.8, 4) is 18.1 Å². The van der Waals surface area contributed by atoms with Gasteiger partial charge in [-0.1, -0.05) is 5.92 Å². The lowest BCUT2D eigenvalue weighted by Gasteiger charge is -2.20. The quantitative estimate of drug-likeness (QED) is 0.399. The van der Waals surface area contributed by atoms with Crippen molar-refractivity contribution in [2.75, 3.05) is 18.5 Å². The first-order valence-corrected chi connectivity index (χ1v) is 10.5. The Morgan fingerprint density at radius 1 is 1.10 bits per heavy atom. The van der Waals surface area contributed by atoms with Crippen molar-refractivity contribution in [2.45, 2.75) is 24.8 Å². The molecule has 0 aromatic heterocycles. The molecule has 0 aliphatic rings. The van der Waals surface area contributed by atoms with Crippen LogP contribution in [-0.4, -0.2) is 40.1 Å². The van der Waals surface area contributed by atoms with Crippen LogP contribution < -0.4 is 19.7 Å². The highest BCUT2D eigenvalue weighted by atomic mass is 32.2. The van der Waals surface area contributed by atoms with Crippen LogP contribution in [0.25, 0.3) is 0 Å². The SMILES string of the molecule is C#CCNS(=O)(=O)c1ccc(C(=O)Oc2ccc(N(C)C(=O)NC(C)C)cc2)cc1. The highest BCUT2D eigenvalue weighted by molar-refractivity contribution is 7.89. The van der Waals surface area contributed by atoms with E-state index < -0.39 is 16.0 Å². The number of ether oxygens (including phenoxy) is 1. The zero-order valence-corrected chi connectivity index (χ0v) is 17.7. The molecule has 0 aliphatic heterocycles. The molecular formula is C21H23N3O5S. The van der Waals surface area contributed by atoms with Crippen molar-refractivity contribution in [3.63, 3.8) is 0 Å². The normalized spacial score (nSPS) is 10.9. The molecule has 0 unspecified atom stereocenters. The topological polar surface area (TPSA) is 105 Å². The van der Waals surface area contributed by atoms with Gasteiger partial charge in [0.15, 0.2) is 0 Å². The predicted octanol–water partition coefficient (Wildman–Crippen LogP) is 2.37. The first-order valence-electron chi connectivity index (χ1n) is 9.03. The lowest BCUT2D eigenvalue weighted by molar-refractivity contribution is 0.0734. The number of carbonyl (C=O) groups excluding carboxylic acids is 2. The monoisotopic (exact) mass is 429 g/mol. The summed E-state index contributed by atoms with van der Waals surface area (Å²) in [4.78, 5) is 25.8. The van der Waals surface area contributed by atoms with Crippen molar-refractivity contribution in [1.29, 1.82) is 0 Å². The van der Waals surface area contributed by atoms with E-state index in [1.807, 2.05) is 13.8 Å². The number of sulfonamides is 1. The Morgan fingerprint density at radius 3 is 2.23 bits per heavy atom. The molecule has 158 valence electrons. The average Bonchev–Trinajstić information content (AvgIpc) is 2.72. The summed E-state index contributed by atoms with van der Waals surface area (Å²) in [6.45, 7) is 3.60. The van der Waals surface area contributed by atoms with Crippen LogP contribution in [0.4, 0.5) is 10.5 Å². The number of urea groups is 1. The largest absolute Gasteiger partial charge is 0.423 e. The van der Waals surface area contributed by atoms with E-state index in [9.17, 15) is 18.0 Å². The molecule has 0 atom stereocenters. The third-order valence-corrected chi connectivity index (χ3v) is 5.33. The summed E-state index contributed by atoms with van der Waals surface area (Å²) in [5, 5.41) is 2.78. The Hall–Kier alpha value is -3.35. The van der Waals surface area contributed by atoms with E-state index in [-0.39, 0.29) is 34.8 Å². The number of hydrogen-bond donors (Lipinski definition) is 2. The van der Waals surface area contributed by atoms with Gasteiger partial charge in [0, 0.05) is 18.8 Å². The summed E-state index contributed by atoms with van der Waals surface area (Å²) in [7, 11) is -2.10. The molecule has 0 bridgehead atoms. The number of nitrogens with zero attached hydrogens (tertiary/aromatic N) is 1. The second kappa shape index (κ2) is 9.91. The first kappa shape index (κ1) is 22.9. The maximum absolute atomic E-state index is 12.3. The van der Waals surface area contributed by atoms with E-state index in [4.69, 9.17) is 11.2 Å². The van der Waals surface area contributed by atoms with Crippen LogP contribution in [0.2, 0.25) is 0 Å². The van der Waals surface area contributed by atoms with Gasteiger partial charge in [-0.3, -0.25) is 4.90 Å². The highest BCUT2D eigenvalue weighted by Gasteiger charge is 2.16. The zero-order valence-electron chi connectivity index (χ0n) is 16.9. The summed E-state index contributed by atoms with van der Waals surface area (Å²) in [5.74, 6) is 1.83. The van der Waals surface area contributed by atoms with Gasteiger partial charge in [-0.2, -0.15) is 4.72 Å². The minimum Gasteiger partial charge on any atom is -0.423 e.